The maximum atomic E-state index is 12.9. The molecule has 1 aliphatic heterocycles. The van der Waals surface area contributed by atoms with Gasteiger partial charge in [0.15, 0.2) is 0 Å². The van der Waals surface area contributed by atoms with Gasteiger partial charge in [-0.3, -0.25) is 19.9 Å². The fraction of sp³-hybridized carbons (Fsp3) is 0.286. The summed E-state index contributed by atoms with van der Waals surface area (Å²) in [5, 5.41) is 21.6. The van der Waals surface area contributed by atoms with Gasteiger partial charge in [0.05, 0.1) is 21.2 Å². The molecule has 1 aliphatic rings. The van der Waals surface area contributed by atoms with Crippen molar-refractivity contribution >= 4 is 39.2 Å². The largest absolute Gasteiger partial charge is 0.296 e. The molecular formula is C21H23N5O5S. The van der Waals surface area contributed by atoms with Crippen LogP contribution in [0.25, 0.3) is 0 Å². The lowest BCUT2D eigenvalue weighted by molar-refractivity contribution is -0.384. The van der Waals surface area contributed by atoms with Crippen molar-refractivity contribution < 1.29 is 18.1 Å². The molecule has 3 rings (SSSR count). The molecule has 10 nitrogen and oxygen atoms in total. The molecule has 1 heterocycles. The number of benzene rings is 2. The normalized spacial score (nSPS) is 16.6. The van der Waals surface area contributed by atoms with Crippen LogP contribution in [-0.2, 0) is 21.2 Å². The second kappa shape index (κ2) is 9.79. The molecule has 0 unspecified atom stereocenters. The number of non-ortho nitro benzene ring substituents is 1. The molecule has 0 radical (unpaired) electrons. The third-order valence-electron chi connectivity index (χ3n) is 4.91. The minimum atomic E-state index is -3.73. The fourth-order valence-corrected chi connectivity index (χ4v) is 3.76. The van der Waals surface area contributed by atoms with Crippen LogP contribution in [0, 0.1) is 16.0 Å². The van der Waals surface area contributed by atoms with Gasteiger partial charge in [-0.25, -0.2) is 13.6 Å². The van der Waals surface area contributed by atoms with E-state index in [1.165, 1.54) is 41.4 Å². The summed E-state index contributed by atoms with van der Waals surface area (Å²) < 4.78 is 22.6. The molecule has 0 saturated heterocycles. The molecule has 2 aromatic rings. The Labute approximate surface area is 185 Å². The van der Waals surface area contributed by atoms with Crippen molar-refractivity contribution in [3.63, 3.8) is 0 Å². The maximum absolute atomic E-state index is 12.9. The Morgan fingerprint density at radius 3 is 2.38 bits per heavy atom. The van der Waals surface area contributed by atoms with Gasteiger partial charge < -0.3 is 0 Å². The minimum Gasteiger partial charge on any atom is -0.296 e. The van der Waals surface area contributed by atoms with Crippen LogP contribution in [0.4, 0.5) is 11.4 Å². The summed E-state index contributed by atoms with van der Waals surface area (Å²) in [6.45, 7) is 2.40. The molecule has 2 aromatic carbocycles. The second-order valence-electron chi connectivity index (χ2n) is 7.24. The highest BCUT2D eigenvalue weighted by Crippen LogP contribution is 2.26. The topological polar surface area (TPSA) is 148 Å². The summed E-state index contributed by atoms with van der Waals surface area (Å²) in [7, 11) is -3.73. The fourth-order valence-electron chi connectivity index (χ4n) is 3.25. The monoisotopic (exact) mass is 457 g/mol. The molecule has 11 heteroatoms. The van der Waals surface area contributed by atoms with Gasteiger partial charge in [-0.1, -0.05) is 25.5 Å². The van der Waals surface area contributed by atoms with Crippen molar-refractivity contribution in [2.45, 2.75) is 31.1 Å². The zero-order chi connectivity index (χ0) is 23.3. The number of carbonyl (C=O) groups is 1. The van der Waals surface area contributed by atoms with E-state index in [9.17, 15) is 23.3 Å². The van der Waals surface area contributed by atoms with Crippen LogP contribution in [-0.4, -0.2) is 37.7 Å². The van der Waals surface area contributed by atoms with Crippen LogP contribution in [0.3, 0.4) is 0 Å². The molecule has 32 heavy (non-hydrogen) atoms. The number of amides is 1. The number of sulfonamides is 1. The Hall–Kier alpha value is -3.44. The molecule has 2 N–H and O–H groups in total. The second-order valence-corrected chi connectivity index (χ2v) is 8.80. The van der Waals surface area contributed by atoms with Gasteiger partial charge in [-0.2, -0.15) is 10.1 Å². The minimum absolute atomic E-state index is 0.0491. The van der Waals surface area contributed by atoms with Gasteiger partial charge in [0.2, 0.25) is 10.0 Å². The van der Waals surface area contributed by atoms with Crippen LogP contribution in [0.15, 0.2) is 63.5 Å². The number of nitro groups is 1. The van der Waals surface area contributed by atoms with E-state index in [1.807, 2.05) is 6.92 Å². The van der Waals surface area contributed by atoms with Crippen LogP contribution < -0.4 is 10.1 Å². The summed E-state index contributed by atoms with van der Waals surface area (Å²) in [5.41, 5.74) is 1.98. The maximum Gasteiger partial charge on any atom is 0.269 e. The number of hydrogen-bond donors (Lipinski definition) is 1. The molecule has 168 valence electrons. The molecule has 0 aliphatic carbocycles. The SMILES string of the molecule is CCCC1=NN(c2ccc([N+](=O)[O-])cc2)C(=O)[C@@H]1C=NCCc1ccc(S(N)(=O)=O)cc1. The first-order valence-corrected chi connectivity index (χ1v) is 11.5. The molecule has 0 saturated carbocycles. The zero-order valence-corrected chi connectivity index (χ0v) is 18.2. The lowest BCUT2D eigenvalue weighted by Crippen LogP contribution is -2.28. The van der Waals surface area contributed by atoms with Crippen LogP contribution in [0.1, 0.15) is 25.3 Å². The van der Waals surface area contributed by atoms with E-state index in [0.717, 1.165) is 12.0 Å². The van der Waals surface area contributed by atoms with Gasteiger partial charge in [0.1, 0.15) is 5.92 Å². The average Bonchev–Trinajstić information content (AvgIpc) is 3.06. The quantitative estimate of drug-likeness (QED) is 0.349. The number of nitrogens with two attached hydrogens (primary N) is 1. The van der Waals surface area contributed by atoms with Crippen molar-refractivity contribution in [1.82, 2.24) is 0 Å². The van der Waals surface area contributed by atoms with Crippen molar-refractivity contribution in [2.75, 3.05) is 11.6 Å². The predicted molar refractivity (Wildman–Crippen MR) is 121 cm³/mol. The number of primary sulfonamides is 1. The number of hydrazone groups is 1. The van der Waals surface area contributed by atoms with Crippen LogP contribution in [0.5, 0.6) is 0 Å². The van der Waals surface area contributed by atoms with Crippen LogP contribution in [0.2, 0.25) is 0 Å². The van der Waals surface area contributed by atoms with Crippen molar-refractivity contribution in [3.05, 3.63) is 64.2 Å². The van der Waals surface area contributed by atoms with E-state index in [4.69, 9.17) is 5.14 Å². The first-order chi connectivity index (χ1) is 15.2. The zero-order valence-electron chi connectivity index (χ0n) is 17.4. The molecule has 1 atom stereocenters. The van der Waals surface area contributed by atoms with E-state index in [1.54, 1.807) is 18.3 Å². The highest BCUT2D eigenvalue weighted by molar-refractivity contribution is 7.89. The Bertz CT molecular complexity index is 1160. The van der Waals surface area contributed by atoms with Crippen LogP contribution >= 0.6 is 0 Å². The third-order valence-corrected chi connectivity index (χ3v) is 5.84. The number of anilines is 1. The van der Waals surface area contributed by atoms with Gasteiger partial charge >= 0.3 is 0 Å². The smallest absolute Gasteiger partial charge is 0.269 e. The van der Waals surface area contributed by atoms with Gasteiger partial charge in [-0.15, -0.1) is 0 Å². The van der Waals surface area contributed by atoms with E-state index in [-0.39, 0.29) is 16.5 Å². The number of rotatable bonds is 9. The van der Waals surface area contributed by atoms with Gasteiger partial charge in [0, 0.05) is 24.9 Å². The number of aliphatic imine (C=N–C) groups is 1. The van der Waals surface area contributed by atoms with E-state index in [0.29, 0.717) is 30.8 Å². The summed E-state index contributed by atoms with van der Waals surface area (Å²) in [5.74, 6) is -0.849. The third kappa shape index (κ3) is 5.42. The number of nitrogens with zero attached hydrogens (tertiary/aromatic N) is 4. The van der Waals surface area contributed by atoms with Gasteiger partial charge in [-0.05, 0) is 42.7 Å². The Morgan fingerprint density at radius 2 is 1.81 bits per heavy atom. The molecule has 0 bridgehead atoms. The van der Waals surface area contributed by atoms with E-state index in [2.05, 4.69) is 10.1 Å². The molecule has 1 amide bonds. The predicted octanol–water partition coefficient (Wildman–Crippen LogP) is 2.67. The first kappa shape index (κ1) is 23.2. The number of nitro benzene ring substituents is 1. The summed E-state index contributed by atoms with van der Waals surface area (Å²) in [4.78, 5) is 27.7. The van der Waals surface area contributed by atoms with Crippen molar-refractivity contribution in [2.24, 2.45) is 21.2 Å². The van der Waals surface area contributed by atoms with Gasteiger partial charge in [0.25, 0.3) is 11.6 Å². The van der Waals surface area contributed by atoms with E-state index >= 15 is 0 Å². The molecular weight excluding hydrogens is 434 g/mol. The summed E-state index contributed by atoms with van der Waals surface area (Å²) >= 11 is 0. The lowest BCUT2D eigenvalue weighted by Gasteiger charge is -2.12. The molecule has 0 aromatic heterocycles. The Kier molecular flexibility index (Phi) is 7.11. The number of carbonyl (C=O) groups excluding carboxylic acids is 1. The average molecular weight is 458 g/mol. The first-order valence-electron chi connectivity index (χ1n) is 9.98. The van der Waals surface area contributed by atoms with Crippen molar-refractivity contribution in [3.8, 4) is 0 Å². The highest BCUT2D eigenvalue weighted by atomic mass is 32.2. The standard InChI is InChI=1S/C21H23N5O5S/c1-2-3-20-19(14-23-13-12-15-4-10-18(11-5-15)32(22,30)31)21(27)25(24-20)16-6-8-17(9-7-16)26(28)29/h4-11,14,19H,2-3,12-13H2,1H3,(H2,22,30,31)/t19-/m1/s1. The van der Waals surface area contributed by atoms with Crippen molar-refractivity contribution in [1.29, 1.82) is 0 Å². The number of hydrogen-bond acceptors (Lipinski definition) is 7. The molecule has 0 fully saturated rings. The Morgan fingerprint density at radius 1 is 1.16 bits per heavy atom. The molecule has 0 spiro atoms. The highest BCUT2D eigenvalue weighted by Gasteiger charge is 2.35. The Balaban J connectivity index is 1.67. The van der Waals surface area contributed by atoms with E-state index < -0.39 is 20.9 Å². The summed E-state index contributed by atoms with van der Waals surface area (Å²) in [6.07, 6.45) is 3.58. The summed E-state index contributed by atoms with van der Waals surface area (Å²) in [6, 6.07) is 11.9. The lowest BCUT2D eigenvalue weighted by atomic mass is 10.0.